The van der Waals surface area contributed by atoms with Gasteiger partial charge < -0.3 is 30.7 Å². The second-order valence-electron chi connectivity index (χ2n) is 10.9. The van der Waals surface area contributed by atoms with Crippen LogP contribution in [0.1, 0.15) is 83.5 Å². The number of thioether (sulfide) groups is 1. The first-order valence-electron chi connectivity index (χ1n) is 14.7. The van der Waals surface area contributed by atoms with E-state index in [2.05, 4.69) is 26.1 Å². The molecule has 3 heterocycles. The van der Waals surface area contributed by atoms with Crippen LogP contribution in [0, 0.1) is 0 Å². The summed E-state index contributed by atoms with van der Waals surface area (Å²) in [5, 5.41) is 9.99. The molecule has 3 aliphatic heterocycles. The number of amides is 6. The molecule has 0 bridgehead atoms. The zero-order valence-electron chi connectivity index (χ0n) is 25.0. The van der Waals surface area contributed by atoms with Gasteiger partial charge in [0.1, 0.15) is 15.4 Å². The molecule has 0 aliphatic carbocycles. The van der Waals surface area contributed by atoms with E-state index in [4.69, 9.17) is 0 Å². The maximum atomic E-state index is 12.1. The van der Waals surface area contributed by atoms with Crippen LogP contribution in [0.2, 0.25) is 0 Å². The van der Waals surface area contributed by atoms with Crippen molar-refractivity contribution in [2.24, 2.45) is 0 Å². The first kappa shape index (κ1) is 38.3. The molecular formula is C26H40N5NaO10S2. The molecule has 1 unspecified atom stereocenters. The van der Waals surface area contributed by atoms with E-state index in [-0.39, 0.29) is 71.0 Å². The van der Waals surface area contributed by atoms with Crippen LogP contribution in [0.4, 0.5) is 4.79 Å². The van der Waals surface area contributed by atoms with Gasteiger partial charge in [-0.1, -0.05) is 19.3 Å². The Kier molecular flexibility index (Phi) is 16.4. The summed E-state index contributed by atoms with van der Waals surface area (Å²) in [5.74, 6) is -2.45. The van der Waals surface area contributed by atoms with Crippen LogP contribution in [0.15, 0.2) is 0 Å². The van der Waals surface area contributed by atoms with Gasteiger partial charge in [-0.25, -0.2) is 18.0 Å². The predicted octanol–water partition coefficient (Wildman–Crippen LogP) is -2.80. The number of imide groups is 1. The van der Waals surface area contributed by atoms with Crippen LogP contribution in [-0.4, -0.2) is 95.1 Å². The summed E-state index contributed by atoms with van der Waals surface area (Å²) < 4.78 is 33.0. The Bertz CT molecular complexity index is 1160. The number of carbonyl (C=O) groups is 6. The standard InChI is InChI=1S/C26H41N5O10S2.Na/c32-20(27-14-8-2-4-12-23(35)41-31-22(34)15-19(25(31)36)43(38,39)40)10-3-1-7-13-28-21(33)11-6-5-9-18-24-17(16-42-18)29-26(37)30-24;/h17-19,24H,1-16H2,(H,27,32)(H,28,33)(H2,29,30,37)(H,38,39,40);/q;+1/p-1/t17-,18-,19?,24-;/m0./s1. The van der Waals surface area contributed by atoms with Crippen molar-refractivity contribution in [1.29, 1.82) is 0 Å². The Morgan fingerprint density at radius 2 is 1.48 bits per heavy atom. The van der Waals surface area contributed by atoms with Crippen LogP contribution in [-0.2, 0) is 38.9 Å². The minimum atomic E-state index is -5.02. The number of hydrogen-bond donors (Lipinski definition) is 4. The minimum absolute atomic E-state index is 0. The molecule has 3 rings (SSSR count). The number of nitrogens with one attached hydrogen (secondary N) is 4. The number of unbranched alkanes of at least 4 members (excludes halogenated alkanes) is 5. The van der Waals surface area contributed by atoms with Gasteiger partial charge >= 0.3 is 41.6 Å². The van der Waals surface area contributed by atoms with E-state index in [1.54, 1.807) is 0 Å². The van der Waals surface area contributed by atoms with Gasteiger partial charge in [0.2, 0.25) is 11.8 Å². The van der Waals surface area contributed by atoms with Crippen molar-refractivity contribution in [1.82, 2.24) is 26.3 Å². The van der Waals surface area contributed by atoms with Gasteiger partial charge in [-0.15, -0.1) is 5.06 Å². The summed E-state index contributed by atoms with van der Waals surface area (Å²) in [7, 11) is -5.02. The van der Waals surface area contributed by atoms with Crippen LogP contribution >= 0.6 is 11.8 Å². The molecule has 18 heteroatoms. The Morgan fingerprint density at radius 3 is 2.07 bits per heavy atom. The molecule has 0 radical (unpaired) electrons. The van der Waals surface area contributed by atoms with Crippen molar-refractivity contribution in [3.63, 3.8) is 0 Å². The molecule has 0 aromatic carbocycles. The summed E-state index contributed by atoms with van der Waals surface area (Å²) in [6.07, 6.45) is 6.40. The molecule has 15 nitrogen and oxygen atoms in total. The summed E-state index contributed by atoms with van der Waals surface area (Å²) in [6.45, 7) is 0.990. The van der Waals surface area contributed by atoms with E-state index >= 15 is 0 Å². The largest absolute Gasteiger partial charge is 1.00 e. The average Bonchev–Trinajstić information content (AvgIpc) is 3.58. The van der Waals surface area contributed by atoms with E-state index in [9.17, 15) is 41.7 Å². The maximum Gasteiger partial charge on any atom is 1.00 e. The number of carbonyl (C=O) groups excluding carboxylic acids is 6. The Balaban J connectivity index is 0.00000675. The first-order chi connectivity index (χ1) is 20.5. The molecule has 0 saturated carbocycles. The molecule has 4 atom stereocenters. The van der Waals surface area contributed by atoms with E-state index in [1.165, 1.54) is 0 Å². The van der Waals surface area contributed by atoms with Gasteiger partial charge in [0.15, 0.2) is 0 Å². The molecule has 3 aliphatic rings. The van der Waals surface area contributed by atoms with Gasteiger partial charge in [0.25, 0.3) is 11.8 Å². The molecule has 6 amide bonds. The second kappa shape index (κ2) is 18.9. The SMILES string of the molecule is O=C(CCCCCNC(=O)CCCC[C@@H]1SC[C@@H]2NC(=O)N[C@@H]21)NCCCCCC(=O)ON1C(=O)CC(S(=O)(=O)[O-])C1=O.[Na+]. The van der Waals surface area contributed by atoms with Crippen LogP contribution in [0.3, 0.4) is 0 Å². The van der Waals surface area contributed by atoms with Gasteiger partial charge in [0, 0.05) is 43.4 Å². The van der Waals surface area contributed by atoms with Crippen molar-refractivity contribution in [3.8, 4) is 0 Å². The fraction of sp³-hybridized carbons (Fsp3) is 0.769. The zero-order chi connectivity index (χ0) is 31.4. The van der Waals surface area contributed by atoms with Crippen LogP contribution in [0.25, 0.3) is 0 Å². The number of nitrogens with zero attached hydrogens (tertiary/aromatic N) is 1. The number of rotatable bonds is 19. The maximum absolute atomic E-state index is 12.1. The molecule has 0 aromatic heterocycles. The van der Waals surface area contributed by atoms with Crippen LogP contribution in [0.5, 0.6) is 0 Å². The average molecular weight is 670 g/mol. The molecule has 242 valence electrons. The topological polar surface area (TPSA) is 220 Å². The molecule has 3 fully saturated rings. The van der Waals surface area contributed by atoms with Crippen molar-refractivity contribution in [2.45, 2.75) is 106 Å². The molecule has 0 spiro atoms. The zero-order valence-corrected chi connectivity index (χ0v) is 28.6. The molecule has 44 heavy (non-hydrogen) atoms. The Labute approximate surface area is 283 Å². The van der Waals surface area contributed by atoms with E-state index < -0.39 is 39.6 Å². The normalized spacial score (nSPS) is 22.6. The second-order valence-corrected chi connectivity index (χ2v) is 13.7. The fourth-order valence-corrected chi connectivity index (χ4v) is 7.35. The number of fused-ring (bicyclic) bond motifs is 1. The molecule has 0 aromatic rings. The molecule has 3 saturated heterocycles. The number of hydrogen-bond acceptors (Lipinski definition) is 11. The van der Waals surface area contributed by atoms with Gasteiger partial charge in [-0.3, -0.25) is 19.2 Å². The Hall–Kier alpha value is -1.92. The van der Waals surface area contributed by atoms with Crippen molar-refractivity contribution in [3.05, 3.63) is 0 Å². The summed E-state index contributed by atoms with van der Waals surface area (Å²) in [5.41, 5.74) is 0. The van der Waals surface area contributed by atoms with Gasteiger partial charge in [0.05, 0.1) is 18.5 Å². The minimum Gasteiger partial charge on any atom is -0.747 e. The summed E-state index contributed by atoms with van der Waals surface area (Å²) >= 11 is 1.87. The monoisotopic (exact) mass is 669 g/mol. The fourth-order valence-electron chi connectivity index (χ4n) is 5.12. The van der Waals surface area contributed by atoms with Crippen molar-refractivity contribution in [2.75, 3.05) is 18.8 Å². The smallest absolute Gasteiger partial charge is 0.747 e. The van der Waals surface area contributed by atoms with Crippen LogP contribution < -0.4 is 50.8 Å². The van der Waals surface area contributed by atoms with Gasteiger partial charge in [-0.05, 0) is 38.5 Å². The number of hydroxylamine groups is 2. The third-order valence-electron chi connectivity index (χ3n) is 7.47. The van der Waals surface area contributed by atoms with E-state index in [0.29, 0.717) is 56.9 Å². The quantitative estimate of drug-likeness (QED) is 0.0362. The third kappa shape index (κ3) is 12.5. The summed E-state index contributed by atoms with van der Waals surface area (Å²) in [6, 6.07) is 0.319. The van der Waals surface area contributed by atoms with Crippen molar-refractivity contribution >= 4 is 57.5 Å². The molecular weight excluding hydrogens is 629 g/mol. The van der Waals surface area contributed by atoms with Crippen molar-refractivity contribution < 1.29 is 76.1 Å². The van der Waals surface area contributed by atoms with Gasteiger partial charge in [-0.2, -0.15) is 11.8 Å². The predicted molar refractivity (Wildman–Crippen MR) is 153 cm³/mol. The summed E-state index contributed by atoms with van der Waals surface area (Å²) in [4.78, 5) is 75.5. The first-order valence-corrected chi connectivity index (χ1v) is 17.2. The van der Waals surface area contributed by atoms with E-state index in [1.807, 2.05) is 11.8 Å². The Morgan fingerprint density at radius 1 is 0.886 bits per heavy atom. The number of urea groups is 1. The molecule has 4 N–H and O–H groups in total. The third-order valence-corrected chi connectivity index (χ3v) is 10.0. The van der Waals surface area contributed by atoms with E-state index in [0.717, 1.165) is 37.9 Å².